The van der Waals surface area contributed by atoms with E-state index in [1.165, 1.54) is 5.56 Å². The molecule has 1 aliphatic heterocycles. The molecule has 6 nitrogen and oxygen atoms in total. The van der Waals surface area contributed by atoms with E-state index in [4.69, 9.17) is 14.7 Å². The van der Waals surface area contributed by atoms with Crippen LogP contribution in [0.3, 0.4) is 0 Å². The van der Waals surface area contributed by atoms with E-state index in [0.717, 1.165) is 47.8 Å². The molecule has 4 rings (SSSR count). The molecule has 0 unspecified atom stereocenters. The Kier molecular flexibility index (Phi) is 6.82. The van der Waals surface area contributed by atoms with Gasteiger partial charge in [0.1, 0.15) is 5.75 Å². The molecule has 1 saturated heterocycles. The van der Waals surface area contributed by atoms with E-state index in [9.17, 15) is 4.79 Å². The number of aryl methyl sites for hydroxylation is 1. The zero-order valence-electron chi connectivity index (χ0n) is 20.2. The summed E-state index contributed by atoms with van der Waals surface area (Å²) in [4.78, 5) is 26.4. The Labute approximate surface area is 196 Å². The van der Waals surface area contributed by atoms with E-state index in [1.54, 1.807) is 0 Å². The number of carbonyl (C=O) groups excluding carboxylic acids is 1. The monoisotopic (exact) mass is 446 g/mol. The van der Waals surface area contributed by atoms with Crippen molar-refractivity contribution in [1.82, 2.24) is 14.9 Å². The van der Waals surface area contributed by atoms with Gasteiger partial charge in [0.05, 0.1) is 23.3 Å². The zero-order valence-corrected chi connectivity index (χ0v) is 20.2. The number of carbonyl (C=O) groups is 1. The van der Waals surface area contributed by atoms with Crippen LogP contribution in [-0.2, 0) is 10.2 Å². The van der Waals surface area contributed by atoms with Crippen LogP contribution in [0.2, 0.25) is 0 Å². The van der Waals surface area contributed by atoms with Crippen LogP contribution in [0.15, 0.2) is 48.5 Å². The highest BCUT2D eigenvalue weighted by atomic mass is 16.5. The molecule has 0 radical (unpaired) electrons. The van der Waals surface area contributed by atoms with Gasteiger partial charge >= 0.3 is 0 Å². The van der Waals surface area contributed by atoms with Crippen molar-refractivity contribution >= 4 is 22.8 Å². The van der Waals surface area contributed by atoms with Gasteiger partial charge in [-0.3, -0.25) is 4.79 Å². The summed E-state index contributed by atoms with van der Waals surface area (Å²) < 4.78 is 5.84. The van der Waals surface area contributed by atoms with E-state index < -0.39 is 0 Å². The summed E-state index contributed by atoms with van der Waals surface area (Å²) in [5, 5.41) is 0. The van der Waals surface area contributed by atoms with Crippen molar-refractivity contribution in [3.63, 3.8) is 0 Å². The predicted molar refractivity (Wildman–Crippen MR) is 133 cm³/mol. The molecule has 0 saturated carbocycles. The fourth-order valence-electron chi connectivity index (χ4n) is 4.17. The first-order chi connectivity index (χ1) is 15.8. The second kappa shape index (κ2) is 9.77. The highest BCUT2D eigenvalue weighted by Gasteiger charge is 2.23. The van der Waals surface area contributed by atoms with Gasteiger partial charge in [0.25, 0.3) is 0 Å². The molecule has 0 aliphatic carbocycles. The van der Waals surface area contributed by atoms with Crippen LogP contribution in [0.4, 0.5) is 5.82 Å². The number of amides is 1. The van der Waals surface area contributed by atoms with Gasteiger partial charge in [0.15, 0.2) is 5.82 Å². The second-order valence-electron chi connectivity index (χ2n) is 9.72. The lowest BCUT2D eigenvalue weighted by atomic mass is 9.87. The molecule has 174 valence electrons. The fourth-order valence-corrected chi connectivity index (χ4v) is 4.17. The van der Waals surface area contributed by atoms with Gasteiger partial charge in [-0.25, -0.2) is 9.97 Å². The van der Waals surface area contributed by atoms with Crippen LogP contribution in [0.5, 0.6) is 5.75 Å². The number of nitrogens with zero attached hydrogens (tertiary/aromatic N) is 4. The minimum atomic E-state index is 0.133. The number of hydrogen-bond acceptors (Lipinski definition) is 5. The van der Waals surface area contributed by atoms with Crippen molar-refractivity contribution in [1.29, 1.82) is 0 Å². The topological polar surface area (TPSA) is 58.6 Å². The maximum absolute atomic E-state index is 12.7. The molecule has 0 N–H and O–H groups in total. The van der Waals surface area contributed by atoms with E-state index in [0.29, 0.717) is 26.1 Å². The molecule has 1 aromatic heterocycles. The Morgan fingerprint density at radius 1 is 0.939 bits per heavy atom. The largest absolute Gasteiger partial charge is 0.494 e. The summed E-state index contributed by atoms with van der Waals surface area (Å²) >= 11 is 0. The third-order valence-corrected chi connectivity index (χ3v) is 6.18. The van der Waals surface area contributed by atoms with E-state index >= 15 is 0 Å². The predicted octanol–water partition coefficient (Wildman–Crippen LogP) is 4.74. The minimum Gasteiger partial charge on any atom is -0.494 e. The molecule has 1 amide bonds. The molecule has 0 bridgehead atoms. The Bertz CT molecular complexity index is 1100. The summed E-state index contributed by atoms with van der Waals surface area (Å²) in [6.45, 7) is 12.1. The quantitative estimate of drug-likeness (QED) is 0.512. The van der Waals surface area contributed by atoms with Gasteiger partial charge in [-0.2, -0.15) is 0 Å². The van der Waals surface area contributed by atoms with Crippen LogP contribution in [-0.4, -0.2) is 53.6 Å². The van der Waals surface area contributed by atoms with Crippen LogP contribution in [0.1, 0.15) is 44.9 Å². The van der Waals surface area contributed by atoms with E-state index in [-0.39, 0.29) is 11.3 Å². The Balaban J connectivity index is 1.22. The number of ether oxygens (including phenoxy) is 1. The van der Waals surface area contributed by atoms with Crippen LogP contribution in [0, 0.1) is 6.92 Å². The number of aromatic nitrogens is 2. The van der Waals surface area contributed by atoms with Gasteiger partial charge in [-0.1, -0.05) is 45.0 Å². The van der Waals surface area contributed by atoms with Crippen molar-refractivity contribution in [2.24, 2.45) is 0 Å². The van der Waals surface area contributed by atoms with Gasteiger partial charge in [0.2, 0.25) is 5.91 Å². The molecule has 2 aromatic carbocycles. The standard InChI is InChI=1S/C27H34N4O2/c1-20-26(29-24-9-6-5-8-23(24)28-20)31-17-15-30(16-18-31)25(32)10-7-19-33-22-13-11-21(12-14-22)27(2,3)4/h5-6,8-9,11-14H,7,10,15-19H2,1-4H3. The molecular formula is C27H34N4O2. The molecule has 0 atom stereocenters. The second-order valence-corrected chi connectivity index (χ2v) is 9.72. The lowest BCUT2D eigenvalue weighted by molar-refractivity contribution is -0.131. The average Bonchev–Trinajstić information content (AvgIpc) is 2.81. The smallest absolute Gasteiger partial charge is 0.222 e. The van der Waals surface area contributed by atoms with Crippen molar-refractivity contribution in [2.45, 2.75) is 46.0 Å². The molecule has 3 aromatic rings. The van der Waals surface area contributed by atoms with Crippen LogP contribution in [0.25, 0.3) is 11.0 Å². The molecule has 33 heavy (non-hydrogen) atoms. The first kappa shape index (κ1) is 23.0. The molecule has 1 aliphatic rings. The lowest BCUT2D eigenvalue weighted by Crippen LogP contribution is -2.49. The average molecular weight is 447 g/mol. The third-order valence-electron chi connectivity index (χ3n) is 6.18. The number of para-hydroxylation sites is 2. The van der Waals surface area contributed by atoms with Crippen LogP contribution >= 0.6 is 0 Å². The number of fused-ring (bicyclic) bond motifs is 1. The molecular weight excluding hydrogens is 412 g/mol. The summed E-state index contributed by atoms with van der Waals surface area (Å²) in [6.07, 6.45) is 1.23. The summed E-state index contributed by atoms with van der Waals surface area (Å²) in [5.41, 5.74) is 4.17. The SMILES string of the molecule is Cc1nc2ccccc2nc1N1CCN(C(=O)CCCOc2ccc(C(C)(C)C)cc2)CC1. The number of anilines is 1. The first-order valence-corrected chi connectivity index (χ1v) is 11.8. The van der Waals surface area contributed by atoms with Crippen molar-refractivity contribution < 1.29 is 9.53 Å². The van der Waals surface area contributed by atoms with Gasteiger partial charge < -0.3 is 14.5 Å². The molecule has 0 spiro atoms. The molecule has 2 heterocycles. The Morgan fingerprint density at radius 3 is 2.21 bits per heavy atom. The number of piperazine rings is 1. The normalized spacial score (nSPS) is 14.5. The van der Waals surface area contributed by atoms with Gasteiger partial charge in [-0.15, -0.1) is 0 Å². The molecule has 6 heteroatoms. The lowest BCUT2D eigenvalue weighted by Gasteiger charge is -2.36. The highest BCUT2D eigenvalue weighted by Crippen LogP contribution is 2.24. The van der Waals surface area contributed by atoms with Crippen LogP contribution < -0.4 is 9.64 Å². The van der Waals surface area contributed by atoms with E-state index in [1.807, 2.05) is 48.2 Å². The summed E-state index contributed by atoms with van der Waals surface area (Å²) in [7, 11) is 0. The van der Waals surface area contributed by atoms with Crippen molar-refractivity contribution in [3.8, 4) is 5.75 Å². The van der Waals surface area contributed by atoms with Gasteiger partial charge in [-0.05, 0) is 48.6 Å². The van der Waals surface area contributed by atoms with Crippen molar-refractivity contribution in [3.05, 3.63) is 59.8 Å². The summed E-state index contributed by atoms with van der Waals surface area (Å²) in [5.74, 6) is 1.98. The Morgan fingerprint density at radius 2 is 1.58 bits per heavy atom. The minimum absolute atomic E-state index is 0.133. The fraction of sp³-hybridized carbons (Fsp3) is 0.444. The van der Waals surface area contributed by atoms with E-state index in [2.05, 4.69) is 37.8 Å². The number of benzene rings is 2. The first-order valence-electron chi connectivity index (χ1n) is 11.8. The van der Waals surface area contributed by atoms with Crippen molar-refractivity contribution in [2.75, 3.05) is 37.7 Å². The zero-order chi connectivity index (χ0) is 23.4. The third kappa shape index (κ3) is 5.62. The maximum Gasteiger partial charge on any atom is 0.222 e. The maximum atomic E-state index is 12.7. The Hall–Kier alpha value is -3.15. The van der Waals surface area contributed by atoms with Gasteiger partial charge in [0, 0.05) is 32.6 Å². The number of hydrogen-bond donors (Lipinski definition) is 0. The molecule has 1 fully saturated rings. The highest BCUT2D eigenvalue weighted by molar-refractivity contribution is 5.77. The number of rotatable bonds is 6. The summed E-state index contributed by atoms with van der Waals surface area (Å²) in [6, 6.07) is 16.2.